The van der Waals surface area contributed by atoms with Crippen LogP contribution in [0.15, 0.2) is 77.2 Å². The quantitative estimate of drug-likeness (QED) is 0.539. The van der Waals surface area contributed by atoms with Crippen LogP contribution in [0.2, 0.25) is 5.02 Å². The summed E-state index contributed by atoms with van der Waals surface area (Å²) < 4.78 is 5.77. The van der Waals surface area contributed by atoms with E-state index in [0.29, 0.717) is 33.3 Å². The molecule has 0 fully saturated rings. The molecule has 1 aromatic heterocycles. The third-order valence-corrected chi connectivity index (χ3v) is 4.02. The van der Waals surface area contributed by atoms with E-state index >= 15 is 0 Å². The topological polar surface area (TPSA) is 55.1 Å². The smallest absolute Gasteiger partial charge is 0.255 e. The molecule has 1 heterocycles. The zero-order chi connectivity index (χ0) is 17.2. The molecule has 4 aromatic rings. The molecule has 5 heteroatoms. The Morgan fingerprint density at radius 3 is 2.48 bits per heavy atom. The monoisotopic (exact) mass is 348 g/mol. The van der Waals surface area contributed by atoms with Crippen LogP contribution in [-0.2, 0) is 0 Å². The lowest BCUT2D eigenvalue weighted by Crippen LogP contribution is -2.11. The normalized spacial score (nSPS) is 10.8. The molecule has 0 unspecified atom stereocenters. The summed E-state index contributed by atoms with van der Waals surface area (Å²) >= 11 is 5.84. The Morgan fingerprint density at radius 1 is 0.960 bits per heavy atom. The van der Waals surface area contributed by atoms with Crippen molar-refractivity contribution in [3.05, 3.63) is 83.4 Å². The minimum Gasteiger partial charge on any atom is -0.436 e. The van der Waals surface area contributed by atoms with Gasteiger partial charge in [-0.2, -0.15) is 0 Å². The van der Waals surface area contributed by atoms with Gasteiger partial charge >= 0.3 is 0 Å². The van der Waals surface area contributed by atoms with Crippen molar-refractivity contribution in [2.24, 2.45) is 0 Å². The van der Waals surface area contributed by atoms with Gasteiger partial charge in [0.15, 0.2) is 5.58 Å². The number of rotatable bonds is 3. The second-order valence-corrected chi connectivity index (χ2v) is 5.97. The lowest BCUT2D eigenvalue weighted by Gasteiger charge is -2.05. The van der Waals surface area contributed by atoms with Crippen LogP contribution in [0, 0.1) is 0 Å². The van der Waals surface area contributed by atoms with Gasteiger partial charge in [-0.15, -0.1) is 0 Å². The van der Waals surface area contributed by atoms with Crippen LogP contribution in [0.4, 0.5) is 5.69 Å². The lowest BCUT2D eigenvalue weighted by molar-refractivity contribution is 0.102. The highest BCUT2D eigenvalue weighted by Crippen LogP contribution is 2.26. The number of nitrogens with one attached hydrogen (secondary N) is 1. The summed E-state index contributed by atoms with van der Waals surface area (Å²) in [6.07, 6.45) is 0. The molecule has 0 saturated heterocycles. The molecule has 0 aliphatic carbocycles. The van der Waals surface area contributed by atoms with Crippen molar-refractivity contribution in [2.75, 3.05) is 5.32 Å². The Kier molecular flexibility index (Phi) is 3.96. The van der Waals surface area contributed by atoms with Gasteiger partial charge in [0.2, 0.25) is 5.89 Å². The van der Waals surface area contributed by atoms with Crippen LogP contribution in [0.5, 0.6) is 0 Å². The maximum absolute atomic E-state index is 12.3. The summed E-state index contributed by atoms with van der Waals surface area (Å²) in [5.41, 5.74) is 3.46. The molecule has 0 spiro atoms. The standard InChI is InChI=1S/C20H13ClN2O2/c21-15-8-6-13(7-9-15)19(24)22-16-10-11-18-17(12-16)23-20(25-18)14-4-2-1-3-5-14/h1-12H,(H,22,24). The highest BCUT2D eigenvalue weighted by atomic mass is 35.5. The first-order chi connectivity index (χ1) is 12.2. The van der Waals surface area contributed by atoms with Crippen molar-refractivity contribution < 1.29 is 9.21 Å². The Hall–Kier alpha value is -3.11. The van der Waals surface area contributed by atoms with E-state index in [1.54, 1.807) is 42.5 Å². The minimum absolute atomic E-state index is 0.206. The molecule has 0 aliphatic heterocycles. The van der Waals surface area contributed by atoms with E-state index in [-0.39, 0.29) is 5.91 Å². The third-order valence-electron chi connectivity index (χ3n) is 3.77. The van der Waals surface area contributed by atoms with E-state index in [1.165, 1.54) is 0 Å². The molecule has 4 rings (SSSR count). The number of carbonyl (C=O) groups is 1. The summed E-state index contributed by atoms with van der Waals surface area (Å²) in [6, 6.07) is 21.8. The summed E-state index contributed by atoms with van der Waals surface area (Å²) in [4.78, 5) is 16.8. The first-order valence-corrected chi connectivity index (χ1v) is 8.10. The van der Waals surface area contributed by atoms with Crippen LogP contribution in [0.3, 0.4) is 0 Å². The molecular formula is C20H13ClN2O2. The second kappa shape index (κ2) is 6.42. The number of anilines is 1. The molecule has 0 radical (unpaired) electrons. The zero-order valence-electron chi connectivity index (χ0n) is 13.1. The number of fused-ring (bicyclic) bond motifs is 1. The van der Waals surface area contributed by atoms with Gasteiger partial charge in [-0.1, -0.05) is 29.8 Å². The number of oxazole rings is 1. The molecule has 122 valence electrons. The molecule has 25 heavy (non-hydrogen) atoms. The van der Waals surface area contributed by atoms with E-state index in [4.69, 9.17) is 16.0 Å². The molecule has 4 nitrogen and oxygen atoms in total. The fraction of sp³-hybridized carbons (Fsp3) is 0. The van der Waals surface area contributed by atoms with Gasteiger partial charge < -0.3 is 9.73 Å². The number of amides is 1. The van der Waals surface area contributed by atoms with Crippen molar-refractivity contribution in [1.29, 1.82) is 0 Å². The molecule has 0 aliphatic rings. The van der Waals surface area contributed by atoms with Crippen molar-refractivity contribution in [1.82, 2.24) is 4.98 Å². The molecule has 0 saturated carbocycles. The number of nitrogens with zero attached hydrogens (tertiary/aromatic N) is 1. The van der Waals surface area contributed by atoms with Gasteiger partial charge in [0.1, 0.15) is 5.52 Å². The zero-order valence-corrected chi connectivity index (χ0v) is 13.8. The van der Waals surface area contributed by atoms with Crippen molar-refractivity contribution in [3.63, 3.8) is 0 Å². The Labute approximate surface area is 149 Å². The van der Waals surface area contributed by atoms with Crippen LogP contribution in [-0.4, -0.2) is 10.9 Å². The number of halogens is 1. The number of benzene rings is 3. The van der Waals surface area contributed by atoms with Gasteiger partial charge in [0, 0.05) is 21.8 Å². The second-order valence-electron chi connectivity index (χ2n) is 5.53. The molecule has 3 aromatic carbocycles. The van der Waals surface area contributed by atoms with Gasteiger partial charge in [0.25, 0.3) is 5.91 Å². The Bertz CT molecular complexity index is 1040. The Balaban J connectivity index is 1.61. The minimum atomic E-state index is -0.206. The highest BCUT2D eigenvalue weighted by molar-refractivity contribution is 6.30. The van der Waals surface area contributed by atoms with Crippen LogP contribution < -0.4 is 5.32 Å². The average Bonchev–Trinajstić information content (AvgIpc) is 3.06. The first kappa shape index (κ1) is 15.4. The Morgan fingerprint density at radius 2 is 1.72 bits per heavy atom. The largest absolute Gasteiger partial charge is 0.436 e. The molecular weight excluding hydrogens is 336 g/mol. The maximum Gasteiger partial charge on any atom is 0.255 e. The van der Waals surface area contributed by atoms with Crippen LogP contribution >= 0.6 is 11.6 Å². The summed E-state index contributed by atoms with van der Waals surface area (Å²) in [7, 11) is 0. The van der Waals surface area contributed by atoms with E-state index in [9.17, 15) is 4.79 Å². The maximum atomic E-state index is 12.3. The number of hydrogen-bond donors (Lipinski definition) is 1. The van der Waals surface area contributed by atoms with Gasteiger partial charge in [-0.05, 0) is 54.6 Å². The summed E-state index contributed by atoms with van der Waals surface area (Å²) in [6.45, 7) is 0. The highest BCUT2D eigenvalue weighted by Gasteiger charge is 2.10. The van der Waals surface area contributed by atoms with E-state index in [1.807, 2.05) is 30.3 Å². The third kappa shape index (κ3) is 3.25. The van der Waals surface area contributed by atoms with Crippen LogP contribution in [0.1, 0.15) is 10.4 Å². The number of carbonyl (C=O) groups excluding carboxylic acids is 1. The van der Waals surface area contributed by atoms with Crippen molar-refractivity contribution in [3.8, 4) is 11.5 Å². The van der Waals surface area contributed by atoms with Gasteiger partial charge in [-0.25, -0.2) is 4.98 Å². The molecule has 1 N–H and O–H groups in total. The van der Waals surface area contributed by atoms with Crippen molar-refractivity contribution >= 4 is 34.3 Å². The SMILES string of the molecule is O=C(Nc1ccc2oc(-c3ccccc3)nc2c1)c1ccc(Cl)cc1. The predicted octanol–water partition coefficient (Wildman–Crippen LogP) is 5.40. The number of aromatic nitrogens is 1. The van der Waals surface area contributed by atoms with Crippen molar-refractivity contribution in [2.45, 2.75) is 0 Å². The number of hydrogen-bond acceptors (Lipinski definition) is 3. The fourth-order valence-electron chi connectivity index (χ4n) is 2.51. The predicted molar refractivity (Wildman–Crippen MR) is 98.9 cm³/mol. The molecule has 0 atom stereocenters. The summed E-state index contributed by atoms with van der Waals surface area (Å²) in [5.74, 6) is 0.347. The first-order valence-electron chi connectivity index (χ1n) is 7.72. The van der Waals surface area contributed by atoms with Crippen LogP contribution in [0.25, 0.3) is 22.6 Å². The lowest BCUT2D eigenvalue weighted by atomic mass is 10.2. The summed E-state index contributed by atoms with van der Waals surface area (Å²) in [5, 5.41) is 3.45. The average molecular weight is 349 g/mol. The van der Waals surface area contributed by atoms with Gasteiger partial charge in [-0.3, -0.25) is 4.79 Å². The van der Waals surface area contributed by atoms with E-state index in [0.717, 1.165) is 5.56 Å². The van der Waals surface area contributed by atoms with Gasteiger partial charge in [0.05, 0.1) is 0 Å². The van der Waals surface area contributed by atoms with E-state index < -0.39 is 0 Å². The molecule has 0 bridgehead atoms. The molecule has 1 amide bonds. The fourth-order valence-corrected chi connectivity index (χ4v) is 2.64. The van der Waals surface area contributed by atoms with E-state index in [2.05, 4.69) is 10.3 Å².